The molecule has 0 radical (unpaired) electrons. The molecule has 26 heavy (non-hydrogen) atoms. The zero-order valence-corrected chi connectivity index (χ0v) is 17.3. The Morgan fingerprint density at radius 3 is 2.77 bits per heavy atom. The molecule has 0 aliphatic heterocycles. The van der Waals surface area contributed by atoms with Crippen LogP contribution < -0.4 is 10.6 Å². The molecule has 1 saturated carbocycles. The predicted octanol–water partition coefficient (Wildman–Crippen LogP) is 2.34. The fourth-order valence-electron chi connectivity index (χ4n) is 2.81. The highest BCUT2D eigenvalue weighted by Crippen LogP contribution is 2.26. The number of hydrogen-bond acceptors (Lipinski definition) is 6. The highest BCUT2D eigenvalue weighted by atomic mass is 32.1. The summed E-state index contributed by atoms with van der Waals surface area (Å²) in [6, 6.07) is 0.731. The Hall–Kier alpha value is -1.67. The lowest BCUT2D eigenvalue weighted by atomic mass is 10.3. The van der Waals surface area contributed by atoms with Crippen LogP contribution in [0.5, 0.6) is 0 Å². The van der Waals surface area contributed by atoms with E-state index >= 15 is 0 Å². The van der Waals surface area contributed by atoms with E-state index in [4.69, 9.17) is 4.74 Å². The number of rotatable bonds is 9. The summed E-state index contributed by atoms with van der Waals surface area (Å²) in [5.74, 6) is 0.443. The van der Waals surface area contributed by atoms with Crippen LogP contribution in [0.3, 0.4) is 0 Å². The van der Waals surface area contributed by atoms with Gasteiger partial charge < -0.3 is 15.4 Å². The van der Waals surface area contributed by atoms with Gasteiger partial charge in [-0.3, -0.25) is 9.89 Å². The van der Waals surface area contributed by atoms with Crippen molar-refractivity contribution >= 4 is 23.3 Å². The zero-order valence-electron chi connectivity index (χ0n) is 16.5. The number of esters is 1. The van der Waals surface area contributed by atoms with Crippen molar-refractivity contribution in [3.63, 3.8) is 0 Å². The molecule has 0 saturated heterocycles. The second-order valence-corrected chi connectivity index (χ2v) is 7.44. The molecule has 1 heterocycles. The molecule has 0 amide bonds. The maximum Gasteiger partial charge on any atom is 0.350 e. The highest BCUT2D eigenvalue weighted by Gasteiger charge is 2.27. The second-order valence-electron chi connectivity index (χ2n) is 6.41. The van der Waals surface area contributed by atoms with E-state index in [1.165, 1.54) is 24.2 Å². The molecule has 1 aromatic heterocycles. The summed E-state index contributed by atoms with van der Waals surface area (Å²) in [4.78, 5) is 23.8. The van der Waals surface area contributed by atoms with Gasteiger partial charge in [0, 0.05) is 26.2 Å². The zero-order chi connectivity index (χ0) is 19.1. The number of aryl methyl sites for hydroxylation is 1. The summed E-state index contributed by atoms with van der Waals surface area (Å²) in [7, 11) is 1.76. The fourth-order valence-corrected chi connectivity index (χ4v) is 3.77. The Morgan fingerprint density at radius 1 is 1.46 bits per heavy atom. The van der Waals surface area contributed by atoms with E-state index in [1.807, 2.05) is 13.8 Å². The molecule has 1 atom stereocenters. The van der Waals surface area contributed by atoms with Crippen molar-refractivity contribution < 1.29 is 9.53 Å². The Balaban J connectivity index is 1.87. The molecule has 2 N–H and O–H groups in total. The molecular formula is C18H31N5O2S. The summed E-state index contributed by atoms with van der Waals surface area (Å²) in [5, 5.41) is 7.56. The first-order valence-corrected chi connectivity index (χ1v) is 10.2. The normalized spacial score (nSPS) is 15.8. The maximum atomic E-state index is 12.0. The molecule has 0 spiro atoms. The Kier molecular flexibility index (Phi) is 7.84. The number of nitrogens with one attached hydrogen (secondary N) is 2. The molecular weight excluding hydrogens is 350 g/mol. The van der Waals surface area contributed by atoms with Crippen molar-refractivity contribution in [2.45, 2.75) is 52.6 Å². The lowest BCUT2D eigenvalue weighted by Crippen LogP contribution is -2.42. The van der Waals surface area contributed by atoms with Crippen LogP contribution in [0.1, 0.15) is 60.0 Å². The summed E-state index contributed by atoms with van der Waals surface area (Å²) in [5.41, 5.74) is 0.711. The Bertz CT molecular complexity index is 627. The van der Waals surface area contributed by atoms with Crippen LogP contribution in [0.4, 0.5) is 0 Å². The van der Waals surface area contributed by atoms with Crippen molar-refractivity contribution in [2.75, 3.05) is 33.3 Å². The third-order valence-electron chi connectivity index (χ3n) is 4.38. The number of nitrogens with zero attached hydrogens (tertiary/aromatic N) is 3. The molecule has 8 heteroatoms. The van der Waals surface area contributed by atoms with Gasteiger partial charge in [-0.15, -0.1) is 11.3 Å². The third kappa shape index (κ3) is 5.67. The minimum Gasteiger partial charge on any atom is -0.462 e. The van der Waals surface area contributed by atoms with Gasteiger partial charge in [0.25, 0.3) is 0 Å². The van der Waals surface area contributed by atoms with Crippen LogP contribution in [0, 0.1) is 6.92 Å². The number of likely N-dealkylation sites (N-methyl/N-ethyl adjacent to an activating group) is 1. The quantitative estimate of drug-likeness (QED) is 0.388. The van der Waals surface area contributed by atoms with Crippen molar-refractivity contribution in [3.8, 4) is 0 Å². The Labute approximate surface area is 160 Å². The SMILES string of the molecule is CCOC(=O)c1sc(C(C)NC(=NC)NCCN(CC)C2CC2)nc1C. The molecule has 1 aromatic rings. The van der Waals surface area contributed by atoms with Gasteiger partial charge in [-0.2, -0.15) is 0 Å². The van der Waals surface area contributed by atoms with Crippen molar-refractivity contribution in [3.05, 3.63) is 15.6 Å². The van der Waals surface area contributed by atoms with Crippen LogP contribution in [-0.2, 0) is 4.74 Å². The third-order valence-corrected chi connectivity index (χ3v) is 5.70. The molecule has 1 unspecified atom stereocenters. The van der Waals surface area contributed by atoms with E-state index in [-0.39, 0.29) is 12.0 Å². The topological polar surface area (TPSA) is 78.8 Å². The smallest absolute Gasteiger partial charge is 0.350 e. The Morgan fingerprint density at radius 2 is 2.19 bits per heavy atom. The predicted molar refractivity (Wildman–Crippen MR) is 106 cm³/mol. The van der Waals surface area contributed by atoms with E-state index in [0.29, 0.717) is 17.2 Å². The standard InChI is InChI=1S/C18H31N5O2S/c1-6-23(14-8-9-14)11-10-20-18(19-5)22-13(4)16-21-12(3)15(26-16)17(24)25-7-2/h13-14H,6-11H2,1-5H3,(H2,19,20,22). The van der Waals surface area contributed by atoms with Crippen LogP contribution >= 0.6 is 11.3 Å². The maximum absolute atomic E-state index is 12.0. The van der Waals surface area contributed by atoms with E-state index in [2.05, 4.69) is 32.4 Å². The monoisotopic (exact) mass is 381 g/mol. The number of aliphatic imine (C=N–C) groups is 1. The number of aromatic nitrogens is 1. The van der Waals surface area contributed by atoms with Crippen LogP contribution in [0.25, 0.3) is 0 Å². The van der Waals surface area contributed by atoms with Gasteiger partial charge in [0.15, 0.2) is 5.96 Å². The number of guanidine groups is 1. The molecule has 2 rings (SSSR count). The van der Waals surface area contributed by atoms with Gasteiger partial charge >= 0.3 is 5.97 Å². The van der Waals surface area contributed by atoms with Crippen LogP contribution in [-0.4, -0.2) is 61.1 Å². The van der Waals surface area contributed by atoms with Crippen LogP contribution in [0.2, 0.25) is 0 Å². The van der Waals surface area contributed by atoms with Crippen molar-refractivity contribution in [1.29, 1.82) is 0 Å². The first-order chi connectivity index (χ1) is 12.5. The fraction of sp³-hybridized carbons (Fsp3) is 0.722. The number of carbonyl (C=O) groups excluding carboxylic acids is 1. The molecule has 1 aliphatic carbocycles. The first kappa shape index (κ1) is 20.6. The number of hydrogen-bond donors (Lipinski definition) is 2. The average molecular weight is 382 g/mol. The largest absolute Gasteiger partial charge is 0.462 e. The first-order valence-electron chi connectivity index (χ1n) is 9.35. The summed E-state index contributed by atoms with van der Waals surface area (Å²) in [6.07, 6.45) is 2.65. The number of ether oxygens (including phenoxy) is 1. The average Bonchev–Trinajstić information content (AvgIpc) is 3.38. The molecule has 146 valence electrons. The lowest BCUT2D eigenvalue weighted by molar-refractivity contribution is 0.0531. The van der Waals surface area contributed by atoms with Gasteiger partial charge in [-0.1, -0.05) is 6.92 Å². The summed E-state index contributed by atoms with van der Waals surface area (Å²) < 4.78 is 5.08. The van der Waals surface area contributed by atoms with Crippen LogP contribution in [0.15, 0.2) is 4.99 Å². The number of thiazole rings is 1. The summed E-state index contributed by atoms with van der Waals surface area (Å²) >= 11 is 1.37. The molecule has 1 aliphatic rings. The molecule has 7 nitrogen and oxygen atoms in total. The molecule has 1 fully saturated rings. The number of carbonyl (C=O) groups is 1. The molecule has 0 bridgehead atoms. The van der Waals surface area contributed by atoms with E-state index in [9.17, 15) is 4.79 Å². The van der Waals surface area contributed by atoms with Crippen molar-refractivity contribution in [2.24, 2.45) is 4.99 Å². The van der Waals surface area contributed by atoms with E-state index < -0.39 is 0 Å². The van der Waals surface area contributed by atoms with Gasteiger partial charge in [-0.25, -0.2) is 9.78 Å². The van der Waals surface area contributed by atoms with E-state index in [1.54, 1.807) is 14.0 Å². The minimum absolute atomic E-state index is 0.0428. The van der Waals surface area contributed by atoms with Crippen molar-refractivity contribution in [1.82, 2.24) is 20.5 Å². The van der Waals surface area contributed by atoms with Gasteiger partial charge in [0.05, 0.1) is 18.3 Å². The van der Waals surface area contributed by atoms with Gasteiger partial charge in [0.2, 0.25) is 0 Å². The highest BCUT2D eigenvalue weighted by molar-refractivity contribution is 7.13. The molecule has 0 aromatic carbocycles. The minimum atomic E-state index is -0.303. The second kappa shape index (κ2) is 9.87. The summed E-state index contributed by atoms with van der Waals surface area (Å²) in [6.45, 7) is 11.2. The van der Waals surface area contributed by atoms with E-state index in [0.717, 1.165) is 36.6 Å². The van der Waals surface area contributed by atoms with Gasteiger partial charge in [0.1, 0.15) is 9.88 Å². The lowest BCUT2D eigenvalue weighted by Gasteiger charge is -2.21. The van der Waals surface area contributed by atoms with Gasteiger partial charge in [-0.05, 0) is 40.2 Å².